The molecule has 1 aromatic carbocycles. The van der Waals surface area contributed by atoms with Gasteiger partial charge in [-0.2, -0.15) is 0 Å². The van der Waals surface area contributed by atoms with Crippen molar-refractivity contribution in [2.24, 2.45) is 0 Å². The third-order valence-corrected chi connectivity index (χ3v) is 4.56. The number of carbonyl (C=O) groups is 1. The molecule has 0 saturated heterocycles. The molecule has 0 atom stereocenters. The summed E-state index contributed by atoms with van der Waals surface area (Å²) in [6, 6.07) is 6.44. The van der Waals surface area contributed by atoms with E-state index in [0.717, 1.165) is 16.4 Å². The van der Waals surface area contributed by atoms with Crippen LogP contribution in [0.5, 0.6) is 0 Å². The number of hydrogen-bond acceptors (Lipinski definition) is 5. The Morgan fingerprint density at radius 1 is 1.43 bits per heavy atom. The SMILES string of the molecule is O=C(O)c1cn(Cc2nc3ccc(C4CC4)cc3s2)nn1. The Hall–Kier alpha value is -2.28. The molecule has 1 N–H and O–H groups in total. The molecule has 0 bridgehead atoms. The van der Waals surface area contributed by atoms with Gasteiger partial charge in [-0.3, -0.25) is 0 Å². The van der Waals surface area contributed by atoms with E-state index in [0.29, 0.717) is 6.54 Å². The third kappa shape index (κ3) is 2.40. The number of benzene rings is 1. The lowest BCUT2D eigenvalue weighted by molar-refractivity contribution is 0.0690. The van der Waals surface area contributed by atoms with E-state index in [9.17, 15) is 4.79 Å². The standard InChI is InChI=1S/C14H12N4O2S/c19-14(20)11-6-18(17-16-11)7-13-15-10-4-3-9(8-1-2-8)5-12(10)21-13/h3-6,8H,1-2,7H2,(H,19,20). The van der Waals surface area contributed by atoms with Gasteiger partial charge in [0.05, 0.1) is 23.0 Å². The zero-order valence-corrected chi connectivity index (χ0v) is 11.9. The van der Waals surface area contributed by atoms with Crippen molar-refractivity contribution in [1.29, 1.82) is 0 Å². The van der Waals surface area contributed by atoms with Crippen LogP contribution in [-0.2, 0) is 6.54 Å². The highest BCUT2D eigenvalue weighted by atomic mass is 32.1. The first-order valence-electron chi connectivity index (χ1n) is 6.72. The molecule has 21 heavy (non-hydrogen) atoms. The van der Waals surface area contributed by atoms with Gasteiger partial charge < -0.3 is 5.11 Å². The molecule has 0 aliphatic heterocycles. The quantitative estimate of drug-likeness (QED) is 0.800. The predicted octanol–water partition coefficient (Wildman–Crippen LogP) is 2.51. The molecule has 7 heteroatoms. The van der Waals surface area contributed by atoms with Crippen LogP contribution < -0.4 is 0 Å². The van der Waals surface area contributed by atoms with Crippen LogP contribution in [0.25, 0.3) is 10.2 Å². The second-order valence-corrected chi connectivity index (χ2v) is 6.33. The lowest BCUT2D eigenvalue weighted by Gasteiger charge is -1.95. The Labute approximate surface area is 124 Å². The molecule has 0 radical (unpaired) electrons. The van der Waals surface area contributed by atoms with Gasteiger partial charge in [0.1, 0.15) is 5.01 Å². The first-order valence-corrected chi connectivity index (χ1v) is 7.53. The van der Waals surface area contributed by atoms with Crippen LogP contribution in [0.2, 0.25) is 0 Å². The van der Waals surface area contributed by atoms with Crippen molar-refractivity contribution in [2.45, 2.75) is 25.3 Å². The predicted molar refractivity (Wildman–Crippen MR) is 77.7 cm³/mol. The lowest BCUT2D eigenvalue weighted by Crippen LogP contribution is -1.99. The molecule has 1 fully saturated rings. The average molecular weight is 300 g/mol. The van der Waals surface area contributed by atoms with Crippen molar-refractivity contribution in [2.75, 3.05) is 0 Å². The van der Waals surface area contributed by atoms with Crippen LogP contribution >= 0.6 is 11.3 Å². The number of thiazole rings is 1. The monoisotopic (exact) mass is 300 g/mol. The van der Waals surface area contributed by atoms with E-state index in [1.54, 1.807) is 11.3 Å². The van der Waals surface area contributed by atoms with Crippen LogP contribution in [0, 0.1) is 0 Å². The maximum Gasteiger partial charge on any atom is 0.358 e. The van der Waals surface area contributed by atoms with Crippen LogP contribution in [0.3, 0.4) is 0 Å². The van der Waals surface area contributed by atoms with Gasteiger partial charge in [-0.15, -0.1) is 16.4 Å². The zero-order chi connectivity index (χ0) is 14.4. The molecule has 6 nitrogen and oxygen atoms in total. The van der Waals surface area contributed by atoms with Gasteiger partial charge in [0.2, 0.25) is 0 Å². The number of fused-ring (bicyclic) bond motifs is 1. The van der Waals surface area contributed by atoms with Gasteiger partial charge in [-0.1, -0.05) is 11.3 Å². The Bertz CT molecular complexity index is 834. The first kappa shape index (κ1) is 12.5. The number of carboxylic acid groups (broad SMARTS) is 1. The van der Waals surface area contributed by atoms with E-state index in [4.69, 9.17) is 5.11 Å². The Morgan fingerprint density at radius 2 is 2.29 bits per heavy atom. The van der Waals surface area contributed by atoms with Crippen LogP contribution in [0.15, 0.2) is 24.4 Å². The number of carboxylic acids is 1. The number of hydrogen-bond donors (Lipinski definition) is 1. The summed E-state index contributed by atoms with van der Waals surface area (Å²) in [5.74, 6) is -0.340. The molecule has 2 aromatic heterocycles. The largest absolute Gasteiger partial charge is 0.476 e. The van der Waals surface area contributed by atoms with Crippen molar-refractivity contribution in [3.63, 3.8) is 0 Å². The summed E-state index contributed by atoms with van der Waals surface area (Å²) < 4.78 is 2.68. The van der Waals surface area contributed by atoms with Crippen molar-refractivity contribution in [3.05, 3.63) is 40.7 Å². The van der Waals surface area contributed by atoms with Crippen molar-refractivity contribution >= 4 is 27.5 Å². The van der Waals surface area contributed by atoms with E-state index in [1.165, 1.54) is 34.0 Å². The van der Waals surface area contributed by atoms with Gasteiger partial charge in [0.15, 0.2) is 5.69 Å². The summed E-state index contributed by atoms with van der Waals surface area (Å²) in [7, 11) is 0. The fraction of sp³-hybridized carbons (Fsp3) is 0.286. The highest BCUT2D eigenvalue weighted by Crippen LogP contribution is 2.41. The van der Waals surface area contributed by atoms with Gasteiger partial charge in [-0.25, -0.2) is 14.5 Å². The number of rotatable bonds is 4. The van der Waals surface area contributed by atoms with Crippen LogP contribution in [0.4, 0.5) is 0 Å². The molecule has 1 aliphatic rings. The van der Waals surface area contributed by atoms with Crippen LogP contribution in [-0.4, -0.2) is 31.1 Å². The highest BCUT2D eigenvalue weighted by Gasteiger charge is 2.23. The van der Waals surface area contributed by atoms with E-state index >= 15 is 0 Å². The fourth-order valence-electron chi connectivity index (χ4n) is 2.34. The minimum Gasteiger partial charge on any atom is -0.476 e. The van der Waals surface area contributed by atoms with Crippen molar-refractivity contribution in [1.82, 2.24) is 20.0 Å². The molecule has 1 saturated carbocycles. The molecule has 3 aromatic rings. The van der Waals surface area contributed by atoms with E-state index in [-0.39, 0.29) is 5.69 Å². The number of aromatic nitrogens is 4. The maximum atomic E-state index is 10.8. The second kappa shape index (κ2) is 4.63. The molecular weight excluding hydrogens is 288 g/mol. The smallest absolute Gasteiger partial charge is 0.358 e. The van der Waals surface area contributed by atoms with Crippen molar-refractivity contribution in [3.8, 4) is 0 Å². The Balaban J connectivity index is 1.61. The van der Waals surface area contributed by atoms with Crippen LogP contribution in [0.1, 0.15) is 39.8 Å². The number of aromatic carboxylic acids is 1. The Kier molecular flexibility index (Phi) is 2.75. The molecule has 4 rings (SSSR count). The van der Waals surface area contributed by atoms with Gasteiger partial charge in [-0.05, 0) is 36.5 Å². The summed E-state index contributed by atoms with van der Waals surface area (Å²) >= 11 is 1.62. The van der Waals surface area contributed by atoms with Gasteiger partial charge in [0, 0.05) is 0 Å². The molecule has 2 heterocycles. The van der Waals surface area contributed by atoms with E-state index in [1.807, 2.05) is 0 Å². The topological polar surface area (TPSA) is 80.9 Å². The molecule has 0 unspecified atom stereocenters. The second-order valence-electron chi connectivity index (χ2n) is 5.22. The van der Waals surface area contributed by atoms with Crippen molar-refractivity contribution < 1.29 is 9.90 Å². The molecule has 1 aliphatic carbocycles. The zero-order valence-electron chi connectivity index (χ0n) is 11.1. The molecule has 0 spiro atoms. The third-order valence-electron chi connectivity index (χ3n) is 3.56. The Morgan fingerprint density at radius 3 is 3.00 bits per heavy atom. The van der Waals surface area contributed by atoms with Gasteiger partial charge >= 0.3 is 5.97 Å². The molecular formula is C14H12N4O2S. The summed E-state index contributed by atoms with van der Waals surface area (Å²) in [4.78, 5) is 15.4. The van der Waals surface area contributed by atoms with E-state index in [2.05, 4.69) is 33.5 Å². The average Bonchev–Trinajstić information content (AvgIpc) is 3.07. The highest BCUT2D eigenvalue weighted by molar-refractivity contribution is 7.18. The fourth-order valence-corrected chi connectivity index (χ4v) is 3.35. The summed E-state index contributed by atoms with van der Waals surface area (Å²) in [5, 5.41) is 17.2. The van der Waals surface area contributed by atoms with Gasteiger partial charge in [0.25, 0.3) is 0 Å². The lowest BCUT2D eigenvalue weighted by atomic mass is 10.1. The molecule has 106 valence electrons. The summed E-state index contributed by atoms with van der Waals surface area (Å²) in [5.41, 5.74) is 2.33. The summed E-state index contributed by atoms with van der Waals surface area (Å²) in [6.45, 7) is 0.443. The minimum atomic E-state index is -1.07. The molecule has 0 amide bonds. The minimum absolute atomic E-state index is 0.0490. The van der Waals surface area contributed by atoms with E-state index < -0.39 is 5.97 Å². The summed E-state index contributed by atoms with van der Waals surface area (Å²) in [6.07, 6.45) is 3.99. The number of nitrogens with zero attached hydrogens (tertiary/aromatic N) is 4. The first-order chi connectivity index (χ1) is 10.2. The maximum absolute atomic E-state index is 10.8. The normalized spacial score (nSPS) is 14.7.